The zero-order valence-electron chi connectivity index (χ0n) is 22.3. The Morgan fingerprint density at radius 2 is 1.26 bits per heavy atom. The standard InChI is InChI=1S/C26H32N8O8/c27-18(7-14-1-3-17(35)4-2-14)23(38)33-20(8-15-10-28-12-30-15)25(40)34-21(9-16-11-29-13-31-16)24(39)32-19(26(41)42)5-6-22(36)37/h1-4,10-13,18-21,35H,5-9,27H2,(H,28,30)(H,29,31)(H,32,39)(H,33,38)(H,34,40)(H,36,37)(H,41,42). The predicted octanol–water partition coefficient (Wildman–Crippen LogP) is -1.40. The van der Waals surface area contributed by atoms with E-state index in [0.29, 0.717) is 17.0 Å². The molecule has 16 heteroatoms. The summed E-state index contributed by atoms with van der Waals surface area (Å²) in [5.74, 6) is -4.93. The van der Waals surface area contributed by atoms with Crippen molar-refractivity contribution in [2.75, 3.05) is 0 Å². The number of aromatic nitrogens is 4. The molecule has 0 saturated heterocycles. The van der Waals surface area contributed by atoms with Gasteiger partial charge in [0.05, 0.1) is 18.7 Å². The average Bonchev–Trinajstić information content (AvgIpc) is 3.65. The number of hydrogen-bond donors (Lipinski definition) is 9. The summed E-state index contributed by atoms with van der Waals surface area (Å²) in [5.41, 5.74) is 7.70. The van der Waals surface area contributed by atoms with Gasteiger partial charge in [-0.15, -0.1) is 0 Å². The monoisotopic (exact) mass is 584 g/mol. The highest BCUT2D eigenvalue weighted by Crippen LogP contribution is 2.11. The molecule has 4 unspecified atom stereocenters. The van der Waals surface area contributed by atoms with E-state index >= 15 is 0 Å². The van der Waals surface area contributed by atoms with E-state index in [9.17, 15) is 34.2 Å². The second-order valence-corrected chi connectivity index (χ2v) is 9.49. The van der Waals surface area contributed by atoms with Crippen molar-refractivity contribution in [2.24, 2.45) is 5.73 Å². The average molecular weight is 585 g/mol. The first-order valence-corrected chi connectivity index (χ1v) is 12.9. The van der Waals surface area contributed by atoms with Gasteiger partial charge in [0.15, 0.2) is 0 Å². The van der Waals surface area contributed by atoms with Crippen LogP contribution >= 0.6 is 0 Å². The number of aromatic amines is 2. The van der Waals surface area contributed by atoms with Crippen molar-refractivity contribution < 1.29 is 39.3 Å². The van der Waals surface area contributed by atoms with Crippen LogP contribution in [0.4, 0.5) is 0 Å². The minimum atomic E-state index is -1.52. The van der Waals surface area contributed by atoms with E-state index in [1.54, 1.807) is 12.1 Å². The van der Waals surface area contributed by atoms with Gasteiger partial charge in [0.1, 0.15) is 23.9 Å². The Morgan fingerprint density at radius 3 is 1.71 bits per heavy atom. The van der Waals surface area contributed by atoms with E-state index in [-0.39, 0.29) is 31.4 Å². The fourth-order valence-electron chi connectivity index (χ4n) is 3.98. The first-order chi connectivity index (χ1) is 20.0. The number of nitrogens with zero attached hydrogens (tertiary/aromatic N) is 2. The normalized spacial score (nSPS) is 13.7. The van der Waals surface area contributed by atoms with Gasteiger partial charge in [-0.05, 0) is 30.5 Å². The number of hydrogen-bond acceptors (Lipinski definition) is 9. The van der Waals surface area contributed by atoms with Crippen LogP contribution in [0.5, 0.6) is 5.75 Å². The second-order valence-electron chi connectivity index (χ2n) is 9.49. The zero-order valence-corrected chi connectivity index (χ0v) is 22.3. The third-order valence-corrected chi connectivity index (χ3v) is 6.21. The summed E-state index contributed by atoms with van der Waals surface area (Å²) in [5, 5.41) is 35.3. The number of carbonyl (C=O) groups is 5. The molecule has 3 rings (SSSR count). The molecule has 0 bridgehead atoms. The lowest BCUT2D eigenvalue weighted by molar-refractivity contribution is -0.143. The number of imidazole rings is 2. The van der Waals surface area contributed by atoms with Gasteiger partial charge < -0.3 is 47.0 Å². The molecule has 0 saturated carbocycles. The molecule has 224 valence electrons. The Kier molecular flexibility index (Phi) is 11.1. The van der Waals surface area contributed by atoms with Crippen molar-refractivity contribution in [2.45, 2.75) is 56.3 Å². The largest absolute Gasteiger partial charge is 0.508 e. The van der Waals surface area contributed by atoms with Crippen molar-refractivity contribution in [3.05, 3.63) is 66.3 Å². The highest BCUT2D eigenvalue weighted by Gasteiger charge is 2.31. The Bertz CT molecular complexity index is 1350. The summed E-state index contributed by atoms with van der Waals surface area (Å²) in [4.78, 5) is 75.6. The summed E-state index contributed by atoms with van der Waals surface area (Å²) in [6.07, 6.45) is 4.69. The maximum atomic E-state index is 13.5. The Labute approximate surface area is 239 Å². The van der Waals surface area contributed by atoms with Gasteiger partial charge >= 0.3 is 11.9 Å². The fraction of sp³-hybridized carbons (Fsp3) is 0.346. The number of rotatable bonds is 16. The first-order valence-electron chi connectivity index (χ1n) is 12.9. The molecule has 0 aliphatic rings. The van der Waals surface area contributed by atoms with Gasteiger partial charge in [0.25, 0.3) is 0 Å². The highest BCUT2D eigenvalue weighted by atomic mass is 16.4. The number of carbonyl (C=O) groups excluding carboxylic acids is 3. The molecule has 0 fully saturated rings. The number of carboxylic acid groups (broad SMARTS) is 2. The molecule has 3 aromatic rings. The van der Waals surface area contributed by atoms with E-state index in [1.807, 2.05) is 0 Å². The minimum Gasteiger partial charge on any atom is -0.508 e. The molecule has 4 atom stereocenters. The minimum absolute atomic E-state index is 0.0434. The van der Waals surface area contributed by atoms with Crippen LogP contribution in [0, 0.1) is 0 Å². The van der Waals surface area contributed by atoms with Crippen LogP contribution in [-0.2, 0) is 43.2 Å². The molecule has 0 aliphatic heterocycles. The summed E-state index contributed by atoms with van der Waals surface area (Å²) < 4.78 is 0. The third-order valence-electron chi connectivity index (χ3n) is 6.21. The number of H-pyrrole nitrogens is 2. The number of aromatic hydroxyl groups is 1. The molecule has 0 aliphatic carbocycles. The van der Waals surface area contributed by atoms with E-state index in [1.165, 1.54) is 37.2 Å². The van der Waals surface area contributed by atoms with Crippen LogP contribution in [0.2, 0.25) is 0 Å². The molecule has 3 amide bonds. The molecule has 16 nitrogen and oxygen atoms in total. The van der Waals surface area contributed by atoms with Gasteiger partial charge in [-0.3, -0.25) is 19.2 Å². The van der Waals surface area contributed by atoms with Crippen molar-refractivity contribution in [1.82, 2.24) is 35.9 Å². The molecule has 10 N–H and O–H groups in total. The van der Waals surface area contributed by atoms with Crippen molar-refractivity contribution >= 4 is 29.7 Å². The number of phenolic OH excluding ortho intramolecular Hbond substituents is 1. The van der Waals surface area contributed by atoms with Crippen LogP contribution in [0.1, 0.15) is 29.8 Å². The maximum absolute atomic E-state index is 13.5. The van der Waals surface area contributed by atoms with Crippen LogP contribution in [0.3, 0.4) is 0 Å². The Hall–Kier alpha value is -5.25. The molecular formula is C26H32N8O8. The van der Waals surface area contributed by atoms with Crippen molar-refractivity contribution in [3.63, 3.8) is 0 Å². The lowest BCUT2D eigenvalue weighted by atomic mass is 10.0. The smallest absolute Gasteiger partial charge is 0.326 e. The number of phenols is 1. The van der Waals surface area contributed by atoms with Gasteiger partial charge in [0, 0.05) is 43.0 Å². The summed E-state index contributed by atoms with van der Waals surface area (Å²) in [6, 6.07) is 1.01. The van der Waals surface area contributed by atoms with Gasteiger partial charge in [-0.1, -0.05) is 12.1 Å². The van der Waals surface area contributed by atoms with E-state index in [4.69, 9.17) is 10.8 Å². The highest BCUT2D eigenvalue weighted by molar-refractivity contribution is 5.94. The lowest BCUT2D eigenvalue weighted by Gasteiger charge is -2.25. The van der Waals surface area contributed by atoms with E-state index in [2.05, 4.69) is 35.9 Å². The molecule has 42 heavy (non-hydrogen) atoms. The third kappa shape index (κ3) is 9.74. The molecule has 2 heterocycles. The molecule has 2 aromatic heterocycles. The number of nitrogens with one attached hydrogen (secondary N) is 5. The van der Waals surface area contributed by atoms with Crippen LogP contribution in [-0.4, -0.2) is 89.1 Å². The van der Waals surface area contributed by atoms with E-state index < -0.39 is 60.2 Å². The summed E-state index contributed by atoms with van der Waals surface area (Å²) in [7, 11) is 0. The van der Waals surface area contributed by atoms with E-state index in [0.717, 1.165) is 0 Å². The number of carboxylic acids is 2. The second kappa shape index (κ2) is 14.9. The number of benzene rings is 1. The Balaban J connectivity index is 1.76. The lowest BCUT2D eigenvalue weighted by Crippen LogP contribution is -2.58. The fourth-order valence-corrected chi connectivity index (χ4v) is 3.98. The van der Waals surface area contributed by atoms with Crippen molar-refractivity contribution in [1.29, 1.82) is 0 Å². The molecule has 0 radical (unpaired) electrons. The maximum Gasteiger partial charge on any atom is 0.326 e. The first kappa shape index (κ1) is 31.3. The number of nitrogens with two attached hydrogens (primary N) is 1. The van der Waals surface area contributed by atoms with Crippen molar-refractivity contribution in [3.8, 4) is 5.75 Å². The van der Waals surface area contributed by atoms with Gasteiger partial charge in [-0.2, -0.15) is 0 Å². The zero-order chi connectivity index (χ0) is 30.6. The summed E-state index contributed by atoms with van der Waals surface area (Å²) >= 11 is 0. The van der Waals surface area contributed by atoms with Crippen LogP contribution in [0.15, 0.2) is 49.3 Å². The number of aliphatic carboxylic acids is 2. The Morgan fingerprint density at radius 1 is 0.762 bits per heavy atom. The number of amides is 3. The molecular weight excluding hydrogens is 552 g/mol. The van der Waals surface area contributed by atoms with Gasteiger partial charge in [0.2, 0.25) is 17.7 Å². The topological polar surface area (TPSA) is 266 Å². The summed E-state index contributed by atoms with van der Waals surface area (Å²) in [6.45, 7) is 0. The SMILES string of the molecule is NC(Cc1ccc(O)cc1)C(=O)NC(Cc1cnc[nH]1)C(=O)NC(Cc1cnc[nH]1)C(=O)NC(CCC(=O)O)C(=O)O. The molecule has 1 aromatic carbocycles. The van der Waals surface area contributed by atoms with Crippen LogP contribution in [0.25, 0.3) is 0 Å². The van der Waals surface area contributed by atoms with Crippen LogP contribution < -0.4 is 21.7 Å². The quantitative estimate of drug-likeness (QED) is 0.0944. The molecule has 0 spiro atoms. The van der Waals surface area contributed by atoms with Gasteiger partial charge in [-0.25, -0.2) is 14.8 Å². The predicted molar refractivity (Wildman–Crippen MR) is 145 cm³/mol.